The van der Waals surface area contributed by atoms with Crippen LogP contribution in [-0.2, 0) is 28.2 Å². The highest BCUT2D eigenvalue weighted by Crippen LogP contribution is 2.36. The summed E-state index contributed by atoms with van der Waals surface area (Å²) in [6, 6.07) is 0. The zero-order chi connectivity index (χ0) is 41.9. The van der Waals surface area contributed by atoms with Gasteiger partial charge < -0.3 is 24.4 Å². The number of hydrogen-bond donors (Lipinski definition) is 3. The van der Waals surface area contributed by atoms with E-state index in [0.717, 1.165) is 32.1 Å². The zero-order valence-corrected chi connectivity index (χ0v) is 37.0. The molecule has 0 saturated carbocycles. The molecule has 10 heteroatoms. The van der Waals surface area contributed by atoms with E-state index in [4.69, 9.17) is 19.3 Å². The van der Waals surface area contributed by atoms with E-state index in [-0.39, 0.29) is 19.4 Å². The van der Waals surface area contributed by atoms with Crippen LogP contribution in [0.4, 0.5) is 0 Å². The number of rotatable bonds is 41. The minimum Gasteiger partial charge on any atom is -0.462 e. The van der Waals surface area contributed by atoms with E-state index in [1.165, 1.54) is 109 Å². The molecule has 0 aromatic carbocycles. The van der Waals surface area contributed by atoms with Gasteiger partial charge in [-0.05, 0) is 44.9 Å². The second-order valence-electron chi connectivity index (χ2n) is 15.2. The molecular formula is C47H83O9P. The fourth-order valence-electron chi connectivity index (χ4n) is 6.26. The Hall–Kier alpha value is -2.29. The molecular weight excluding hydrogens is 739 g/mol. The first-order valence-corrected chi connectivity index (χ1v) is 24.2. The Morgan fingerprint density at radius 3 is 1.60 bits per heavy atom. The molecule has 0 aliphatic carbocycles. The standard InChI is InChI=1S/C47H83O9P/c1-3-5-7-9-11-12-13-14-15-16-17-18-19-20-21-22-23-24-28-32-36-40-46(49)54-42-45(43-55-57(51,52)53)56-47(50)41-37-33-29-26-25-27-31-35-39-44(48)38-34-30-10-8-6-4-2/h6,8,26-27,29-31,34-35,39,44-45,48H,3-5,7,9-25,28,32-33,36-38,40-43H2,1-2H3,(H2,51,52,53)/b8-6-,29-26-,31-27-,34-30-,39-35+/t44?,45-/m1/s1. The van der Waals surface area contributed by atoms with Gasteiger partial charge in [0.05, 0.1) is 12.7 Å². The predicted octanol–water partition coefficient (Wildman–Crippen LogP) is 13.0. The van der Waals surface area contributed by atoms with Crippen LogP contribution in [-0.4, -0.2) is 52.3 Å². The van der Waals surface area contributed by atoms with Crippen LogP contribution in [0.5, 0.6) is 0 Å². The first-order valence-electron chi connectivity index (χ1n) is 22.7. The van der Waals surface area contributed by atoms with Gasteiger partial charge in [-0.25, -0.2) is 4.57 Å². The van der Waals surface area contributed by atoms with Crippen LogP contribution >= 0.6 is 7.82 Å². The third-order valence-electron chi connectivity index (χ3n) is 9.63. The number of carbonyl (C=O) groups is 2. The van der Waals surface area contributed by atoms with E-state index in [1.54, 1.807) is 6.08 Å². The fourth-order valence-corrected chi connectivity index (χ4v) is 6.62. The lowest BCUT2D eigenvalue weighted by Gasteiger charge is -2.18. The van der Waals surface area contributed by atoms with Gasteiger partial charge in [0.2, 0.25) is 0 Å². The highest BCUT2D eigenvalue weighted by atomic mass is 31.2. The molecule has 0 bridgehead atoms. The van der Waals surface area contributed by atoms with Crippen LogP contribution in [0.15, 0.2) is 60.8 Å². The van der Waals surface area contributed by atoms with Crippen molar-refractivity contribution >= 4 is 19.8 Å². The van der Waals surface area contributed by atoms with E-state index in [0.29, 0.717) is 32.1 Å². The number of unbranched alkanes of at least 4 members (excludes halogenated alkanes) is 21. The van der Waals surface area contributed by atoms with Crippen LogP contribution in [0.2, 0.25) is 0 Å². The van der Waals surface area contributed by atoms with Crippen LogP contribution in [0.3, 0.4) is 0 Å². The van der Waals surface area contributed by atoms with Crippen molar-refractivity contribution in [2.75, 3.05) is 13.2 Å². The van der Waals surface area contributed by atoms with E-state index in [2.05, 4.69) is 30.5 Å². The SMILES string of the molecule is CC/C=C\C/C=C\CC(O)/C=C/C=C\C/C=C\CCCC(=O)O[C@H](COC(=O)CCCCCCCCCCCCCCCCCCCCCCC)COP(=O)(O)O. The molecule has 0 radical (unpaired) electrons. The molecule has 0 aliphatic rings. The fraction of sp³-hybridized carbons (Fsp3) is 0.745. The second kappa shape index (κ2) is 41.9. The molecule has 0 fully saturated rings. The van der Waals surface area contributed by atoms with E-state index in [1.807, 2.05) is 42.5 Å². The second-order valence-corrected chi connectivity index (χ2v) is 16.4. The summed E-state index contributed by atoms with van der Waals surface area (Å²) in [7, 11) is -4.79. The predicted molar refractivity (Wildman–Crippen MR) is 236 cm³/mol. The average Bonchev–Trinajstić information content (AvgIpc) is 3.18. The minimum absolute atomic E-state index is 0.101. The molecule has 0 aliphatic heterocycles. The molecule has 330 valence electrons. The maximum atomic E-state index is 12.4. The molecule has 0 spiro atoms. The topological polar surface area (TPSA) is 140 Å². The number of carbonyl (C=O) groups excluding carboxylic acids is 2. The van der Waals surface area contributed by atoms with Gasteiger partial charge in [0.25, 0.3) is 0 Å². The van der Waals surface area contributed by atoms with E-state index < -0.39 is 38.6 Å². The smallest absolute Gasteiger partial charge is 0.462 e. The van der Waals surface area contributed by atoms with Crippen molar-refractivity contribution in [3.8, 4) is 0 Å². The molecule has 0 rings (SSSR count). The molecule has 0 saturated heterocycles. The van der Waals surface area contributed by atoms with Gasteiger partial charge in [0.15, 0.2) is 6.10 Å². The van der Waals surface area contributed by atoms with Crippen LogP contribution in [0, 0.1) is 0 Å². The van der Waals surface area contributed by atoms with Crippen LogP contribution in [0.25, 0.3) is 0 Å². The quantitative estimate of drug-likeness (QED) is 0.0181. The number of hydrogen-bond acceptors (Lipinski definition) is 7. The lowest BCUT2D eigenvalue weighted by molar-refractivity contribution is -0.161. The molecule has 3 N–H and O–H groups in total. The lowest BCUT2D eigenvalue weighted by Crippen LogP contribution is -2.29. The Morgan fingerprint density at radius 1 is 0.561 bits per heavy atom. The van der Waals surface area contributed by atoms with Crippen molar-refractivity contribution in [3.63, 3.8) is 0 Å². The number of aliphatic hydroxyl groups excluding tert-OH is 1. The first-order chi connectivity index (χ1) is 27.7. The number of allylic oxidation sites excluding steroid dienone is 8. The number of esters is 2. The maximum absolute atomic E-state index is 12.4. The summed E-state index contributed by atoms with van der Waals surface area (Å²) in [5.41, 5.74) is 0. The summed E-state index contributed by atoms with van der Waals surface area (Å²) in [6.45, 7) is 3.47. The van der Waals surface area contributed by atoms with Gasteiger partial charge in [-0.2, -0.15) is 0 Å². The number of phosphoric acid groups is 1. The monoisotopic (exact) mass is 823 g/mol. The van der Waals surface area contributed by atoms with Gasteiger partial charge in [-0.3, -0.25) is 14.1 Å². The Kier molecular flexibility index (Phi) is 40.2. The van der Waals surface area contributed by atoms with Crippen molar-refractivity contribution in [2.24, 2.45) is 0 Å². The summed E-state index contributed by atoms with van der Waals surface area (Å²) in [4.78, 5) is 42.9. The summed E-state index contributed by atoms with van der Waals surface area (Å²) < 4.78 is 26.4. The van der Waals surface area contributed by atoms with Gasteiger partial charge in [0, 0.05) is 12.8 Å². The Labute approximate surface area is 348 Å². The molecule has 2 atom stereocenters. The largest absolute Gasteiger partial charge is 0.469 e. The van der Waals surface area contributed by atoms with E-state index in [9.17, 15) is 19.3 Å². The Bertz CT molecular complexity index is 1120. The lowest BCUT2D eigenvalue weighted by atomic mass is 10.0. The van der Waals surface area contributed by atoms with Gasteiger partial charge in [0.1, 0.15) is 6.61 Å². The molecule has 0 heterocycles. The molecule has 0 aromatic heterocycles. The molecule has 0 aromatic rings. The van der Waals surface area contributed by atoms with Crippen molar-refractivity contribution in [1.82, 2.24) is 0 Å². The molecule has 57 heavy (non-hydrogen) atoms. The normalized spacial score (nSPS) is 13.6. The van der Waals surface area contributed by atoms with Gasteiger partial charge in [-0.1, -0.05) is 203 Å². The van der Waals surface area contributed by atoms with E-state index >= 15 is 0 Å². The molecule has 9 nitrogen and oxygen atoms in total. The van der Waals surface area contributed by atoms with Crippen LogP contribution in [0.1, 0.15) is 200 Å². The number of aliphatic hydroxyl groups is 1. The highest BCUT2D eigenvalue weighted by Gasteiger charge is 2.22. The van der Waals surface area contributed by atoms with Crippen molar-refractivity contribution in [1.29, 1.82) is 0 Å². The van der Waals surface area contributed by atoms with Crippen LogP contribution < -0.4 is 0 Å². The summed E-state index contributed by atoms with van der Waals surface area (Å²) in [5.74, 6) is -0.988. The third kappa shape index (κ3) is 44.7. The number of phosphoric ester groups is 1. The summed E-state index contributed by atoms with van der Waals surface area (Å²) in [5, 5.41) is 9.99. The van der Waals surface area contributed by atoms with Gasteiger partial charge >= 0.3 is 19.8 Å². The molecule has 0 amide bonds. The zero-order valence-electron chi connectivity index (χ0n) is 36.1. The van der Waals surface area contributed by atoms with Crippen molar-refractivity contribution in [2.45, 2.75) is 212 Å². The Balaban J connectivity index is 3.98. The van der Waals surface area contributed by atoms with Crippen molar-refractivity contribution in [3.05, 3.63) is 60.8 Å². The average molecular weight is 823 g/mol. The van der Waals surface area contributed by atoms with Crippen molar-refractivity contribution < 1.29 is 43.0 Å². The first kappa shape index (κ1) is 54.7. The summed E-state index contributed by atoms with van der Waals surface area (Å²) in [6.07, 6.45) is 49.9. The van der Waals surface area contributed by atoms with Gasteiger partial charge in [-0.15, -0.1) is 0 Å². The number of ether oxygens (including phenoxy) is 2. The maximum Gasteiger partial charge on any atom is 0.469 e. The minimum atomic E-state index is -4.79. The summed E-state index contributed by atoms with van der Waals surface area (Å²) >= 11 is 0. The highest BCUT2D eigenvalue weighted by molar-refractivity contribution is 7.46. The Morgan fingerprint density at radius 2 is 1.05 bits per heavy atom. The molecule has 1 unspecified atom stereocenters. The third-order valence-corrected chi connectivity index (χ3v) is 10.1.